The Morgan fingerprint density at radius 1 is 1.24 bits per heavy atom. The summed E-state index contributed by atoms with van der Waals surface area (Å²) in [5, 5.41) is 2.68. The fourth-order valence-corrected chi connectivity index (χ4v) is 2.27. The number of anilines is 1. The van der Waals surface area contributed by atoms with E-state index in [9.17, 15) is 18.0 Å². The van der Waals surface area contributed by atoms with Crippen molar-refractivity contribution in [2.45, 2.75) is 31.8 Å². The second-order valence-corrected chi connectivity index (χ2v) is 5.56. The number of amides is 2. The highest BCUT2D eigenvalue weighted by Gasteiger charge is 2.33. The van der Waals surface area contributed by atoms with Gasteiger partial charge in [0.05, 0.1) is 12.2 Å². The van der Waals surface area contributed by atoms with E-state index in [0.29, 0.717) is 17.9 Å². The van der Waals surface area contributed by atoms with Crippen LogP contribution in [0.25, 0.3) is 0 Å². The van der Waals surface area contributed by atoms with Gasteiger partial charge < -0.3 is 15.0 Å². The summed E-state index contributed by atoms with van der Waals surface area (Å²) in [5.41, 5.74) is 1.10. The Kier molecular flexibility index (Phi) is 4.73. The van der Waals surface area contributed by atoms with Crippen LogP contribution in [-0.2, 0) is 6.54 Å². The molecule has 0 spiro atoms. The fourth-order valence-electron chi connectivity index (χ4n) is 2.27. The maximum atomic E-state index is 12.5. The van der Waals surface area contributed by atoms with Gasteiger partial charge in [-0.1, -0.05) is 0 Å². The predicted octanol–water partition coefficient (Wildman–Crippen LogP) is 3.57. The average Bonchev–Trinajstić information content (AvgIpc) is 3.39. The first kappa shape index (κ1) is 17.0. The molecule has 2 amide bonds. The summed E-state index contributed by atoms with van der Waals surface area (Å²) in [6, 6.07) is 6.55. The van der Waals surface area contributed by atoms with E-state index in [2.05, 4.69) is 20.0 Å². The van der Waals surface area contributed by atoms with Crippen LogP contribution in [-0.4, -0.2) is 33.3 Å². The molecular weight excluding hydrogens is 337 g/mol. The van der Waals surface area contributed by atoms with Gasteiger partial charge in [-0.3, -0.25) is 0 Å². The SMILES string of the molecule is O=C(Nc1ccc(OC(F)(F)F)cc1)N(Cc1ccncn1)C1CC1. The molecule has 1 saturated carbocycles. The van der Waals surface area contributed by atoms with Gasteiger partial charge in [0.2, 0.25) is 0 Å². The van der Waals surface area contributed by atoms with E-state index in [-0.39, 0.29) is 17.8 Å². The standard InChI is InChI=1S/C16H15F3N4O2/c17-16(18,19)25-14-5-1-11(2-6-14)22-15(24)23(13-3-4-13)9-12-7-8-20-10-21-12/h1-2,5-8,10,13H,3-4,9H2,(H,22,24). The number of nitrogens with zero attached hydrogens (tertiary/aromatic N) is 3. The van der Waals surface area contributed by atoms with Gasteiger partial charge in [-0.25, -0.2) is 14.8 Å². The maximum Gasteiger partial charge on any atom is 0.573 e. The topological polar surface area (TPSA) is 67.3 Å². The molecule has 0 radical (unpaired) electrons. The Morgan fingerprint density at radius 3 is 2.52 bits per heavy atom. The minimum absolute atomic E-state index is 0.141. The Labute approximate surface area is 141 Å². The van der Waals surface area contributed by atoms with Crippen molar-refractivity contribution in [2.24, 2.45) is 0 Å². The van der Waals surface area contributed by atoms with Crippen molar-refractivity contribution < 1.29 is 22.7 Å². The molecule has 1 aromatic heterocycles. The lowest BCUT2D eigenvalue weighted by Gasteiger charge is -2.22. The minimum atomic E-state index is -4.74. The zero-order valence-electron chi connectivity index (χ0n) is 13.0. The van der Waals surface area contributed by atoms with E-state index in [1.54, 1.807) is 17.2 Å². The first-order valence-corrected chi connectivity index (χ1v) is 7.59. The highest BCUT2D eigenvalue weighted by atomic mass is 19.4. The quantitative estimate of drug-likeness (QED) is 0.893. The second kappa shape index (κ2) is 6.96. The van der Waals surface area contributed by atoms with Gasteiger partial charge in [0, 0.05) is 17.9 Å². The Bertz CT molecular complexity index is 718. The Hall–Kier alpha value is -2.84. The molecule has 0 atom stereocenters. The molecule has 0 unspecified atom stereocenters. The normalized spacial score (nSPS) is 14.0. The lowest BCUT2D eigenvalue weighted by Crippen LogP contribution is -2.36. The minimum Gasteiger partial charge on any atom is -0.406 e. The summed E-state index contributed by atoms with van der Waals surface area (Å²) >= 11 is 0. The highest BCUT2D eigenvalue weighted by Crippen LogP contribution is 2.29. The van der Waals surface area contributed by atoms with E-state index in [0.717, 1.165) is 25.0 Å². The lowest BCUT2D eigenvalue weighted by atomic mass is 10.3. The van der Waals surface area contributed by atoms with Gasteiger partial charge in [-0.2, -0.15) is 0 Å². The van der Waals surface area contributed by atoms with Crippen molar-refractivity contribution in [3.05, 3.63) is 48.5 Å². The van der Waals surface area contributed by atoms with Crippen LogP contribution >= 0.6 is 0 Å². The van der Waals surface area contributed by atoms with Crippen LogP contribution < -0.4 is 10.1 Å². The summed E-state index contributed by atoms with van der Waals surface area (Å²) in [6.07, 6.45) is 0.0984. The molecule has 1 aliphatic rings. The molecule has 0 saturated heterocycles. The van der Waals surface area contributed by atoms with Gasteiger partial charge in [0.1, 0.15) is 12.1 Å². The molecule has 25 heavy (non-hydrogen) atoms. The zero-order chi connectivity index (χ0) is 17.9. The summed E-state index contributed by atoms with van der Waals surface area (Å²) < 4.78 is 40.3. The third-order valence-corrected chi connectivity index (χ3v) is 3.56. The number of ether oxygens (including phenoxy) is 1. The summed E-state index contributed by atoms with van der Waals surface area (Å²) in [4.78, 5) is 22.1. The van der Waals surface area contributed by atoms with Crippen LogP contribution in [0, 0.1) is 0 Å². The average molecular weight is 352 g/mol. The number of halogens is 3. The Balaban J connectivity index is 1.63. The van der Waals surface area contributed by atoms with Crippen LogP contribution in [0.2, 0.25) is 0 Å². The number of hydrogen-bond donors (Lipinski definition) is 1. The van der Waals surface area contributed by atoms with Gasteiger partial charge in [0.15, 0.2) is 0 Å². The number of carbonyl (C=O) groups excluding carboxylic acids is 1. The number of rotatable bonds is 5. The molecule has 6 nitrogen and oxygen atoms in total. The smallest absolute Gasteiger partial charge is 0.406 e. The van der Waals surface area contributed by atoms with E-state index in [1.807, 2.05) is 0 Å². The molecule has 1 N–H and O–H groups in total. The molecule has 1 aliphatic carbocycles. The molecule has 0 aliphatic heterocycles. The van der Waals surface area contributed by atoms with Gasteiger partial charge >= 0.3 is 12.4 Å². The maximum absolute atomic E-state index is 12.5. The number of benzene rings is 1. The number of alkyl halides is 3. The van der Waals surface area contributed by atoms with Crippen LogP contribution in [0.1, 0.15) is 18.5 Å². The van der Waals surface area contributed by atoms with Crippen molar-refractivity contribution >= 4 is 11.7 Å². The number of nitrogens with one attached hydrogen (secondary N) is 1. The van der Waals surface area contributed by atoms with Crippen LogP contribution in [0.4, 0.5) is 23.7 Å². The third-order valence-electron chi connectivity index (χ3n) is 3.56. The summed E-state index contributed by atoms with van der Waals surface area (Å²) in [7, 11) is 0. The largest absolute Gasteiger partial charge is 0.573 e. The monoisotopic (exact) mass is 352 g/mol. The van der Waals surface area contributed by atoms with E-state index in [4.69, 9.17) is 0 Å². The Morgan fingerprint density at radius 2 is 1.96 bits per heavy atom. The molecule has 3 rings (SSSR count). The molecular formula is C16H15F3N4O2. The molecule has 9 heteroatoms. The summed E-state index contributed by atoms with van der Waals surface area (Å²) in [5.74, 6) is -0.342. The van der Waals surface area contributed by atoms with Crippen molar-refractivity contribution in [3.63, 3.8) is 0 Å². The van der Waals surface area contributed by atoms with Crippen molar-refractivity contribution in [1.82, 2.24) is 14.9 Å². The zero-order valence-corrected chi connectivity index (χ0v) is 13.0. The molecule has 1 aromatic carbocycles. The molecule has 2 aromatic rings. The first-order valence-electron chi connectivity index (χ1n) is 7.59. The number of hydrogen-bond acceptors (Lipinski definition) is 4. The number of urea groups is 1. The highest BCUT2D eigenvalue weighted by molar-refractivity contribution is 5.89. The van der Waals surface area contributed by atoms with Crippen LogP contribution in [0.5, 0.6) is 5.75 Å². The number of carbonyl (C=O) groups is 1. The summed E-state index contributed by atoms with van der Waals surface area (Å²) in [6.45, 7) is 0.342. The van der Waals surface area contributed by atoms with Crippen molar-refractivity contribution in [1.29, 1.82) is 0 Å². The molecule has 1 fully saturated rings. The van der Waals surface area contributed by atoms with Crippen LogP contribution in [0.3, 0.4) is 0 Å². The molecule has 132 valence electrons. The van der Waals surface area contributed by atoms with E-state index < -0.39 is 6.36 Å². The second-order valence-electron chi connectivity index (χ2n) is 5.56. The van der Waals surface area contributed by atoms with Gasteiger partial charge in [-0.15, -0.1) is 13.2 Å². The van der Waals surface area contributed by atoms with Gasteiger partial charge in [0.25, 0.3) is 0 Å². The third kappa shape index (κ3) is 5.07. The van der Waals surface area contributed by atoms with Crippen molar-refractivity contribution in [3.8, 4) is 5.75 Å². The van der Waals surface area contributed by atoms with Gasteiger partial charge in [-0.05, 0) is 43.2 Å². The lowest BCUT2D eigenvalue weighted by molar-refractivity contribution is -0.274. The van der Waals surface area contributed by atoms with E-state index in [1.165, 1.54) is 18.5 Å². The first-order chi connectivity index (χ1) is 11.9. The number of aromatic nitrogens is 2. The van der Waals surface area contributed by atoms with Crippen molar-refractivity contribution in [2.75, 3.05) is 5.32 Å². The molecule has 1 heterocycles. The fraction of sp³-hybridized carbons (Fsp3) is 0.312. The predicted molar refractivity (Wildman–Crippen MR) is 82.7 cm³/mol. The molecule has 0 bridgehead atoms. The van der Waals surface area contributed by atoms with Crippen LogP contribution in [0.15, 0.2) is 42.9 Å². The van der Waals surface area contributed by atoms with E-state index >= 15 is 0 Å².